The number of nitrogens with zero attached hydrogens (tertiary/aromatic N) is 2. The molecule has 4 rings (SSSR count). The summed E-state index contributed by atoms with van der Waals surface area (Å²) in [5.41, 5.74) is 5.61. The van der Waals surface area contributed by atoms with E-state index in [2.05, 4.69) is 17.4 Å². The molecule has 6 nitrogen and oxygen atoms in total. The molecular weight excluding hydrogens is 398 g/mol. The number of amides is 1. The number of anilines is 1. The van der Waals surface area contributed by atoms with Gasteiger partial charge in [-0.15, -0.1) is 0 Å². The lowest BCUT2D eigenvalue weighted by molar-refractivity contribution is -0.117. The van der Waals surface area contributed by atoms with Gasteiger partial charge in [-0.05, 0) is 79.6 Å². The van der Waals surface area contributed by atoms with Gasteiger partial charge in [0.25, 0.3) is 0 Å². The molecule has 2 aromatic rings. The summed E-state index contributed by atoms with van der Waals surface area (Å²) in [6, 6.07) is 11.4. The maximum atomic E-state index is 12.9. The molecule has 30 heavy (non-hydrogen) atoms. The van der Waals surface area contributed by atoms with Crippen LogP contribution in [0.2, 0.25) is 0 Å². The first kappa shape index (κ1) is 21.0. The van der Waals surface area contributed by atoms with Gasteiger partial charge in [0.2, 0.25) is 15.9 Å². The predicted octanol–water partition coefficient (Wildman–Crippen LogP) is 2.74. The van der Waals surface area contributed by atoms with E-state index in [9.17, 15) is 13.2 Å². The molecule has 1 heterocycles. The van der Waals surface area contributed by atoms with Crippen LogP contribution in [0.3, 0.4) is 0 Å². The minimum Gasteiger partial charge on any atom is -0.325 e. The maximum absolute atomic E-state index is 12.9. The zero-order valence-corrected chi connectivity index (χ0v) is 18.5. The SMILES string of the molecule is Cc1ccc(S(=O)(=O)N2CCN(CC(=O)Nc3ccc4c(c3)CCC4)CC2)cc1C. The van der Waals surface area contributed by atoms with E-state index in [4.69, 9.17) is 0 Å². The minimum atomic E-state index is -3.50. The van der Waals surface area contributed by atoms with E-state index < -0.39 is 10.0 Å². The molecule has 2 aliphatic rings. The Labute approximate surface area is 178 Å². The van der Waals surface area contributed by atoms with Crippen LogP contribution >= 0.6 is 0 Å². The van der Waals surface area contributed by atoms with E-state index in [1.54, 1.807) is 12.1 Å². The lowest BCUT2D eigenvalue weighted by Crippen LogP contribution is -2.50. The lowest BCUT2D eigenvalue weighted by atomic mass is 10.1. The molecule has 1 aliphatic carbocycles. The summed E-state index contributed by atoms with van der Waals surface area (Å²) < 4.78 is 27.4. The number of hydrogen-bond donors (Lipinski definition) is 1. The Morgan fingerprint density at radius 1 is 0.933 bits per heavy atom. The van der Waals surface area contributed by atoms with E-state index in [1.165, 1.54) is 21.9 Å². The van der Waals surface area contributed by atoms with E-state index >= 15 is 0 Å². The summed E-state index contributed by atoms with van der Waals surface area (Å²) in [5, 5.41) is 2.99. The fraction of sp³-hybridized carbons (Fsp3) is 0.435. The molecule has 160 valence electrons. The first-order chi connectivity index (χ1) is 14.3. The summed E-state index contributed by atoms with van der Waals surface area (Å²) in [5.74, 6) is -0.0570. The van der Waals surface area contributed by atoms with Gasteiger partial charge in [0, 0.05) is 31.9 Å². The van der Waals surface area contributed by atoms with Gasteiger partial charge in [-0.3, -0.25) is 9.69 Å². The van der Waals surface area contributed by atoms with Crippen LogP contribution in [0.5, 0.6) is 0 Å². The van der Waals surface area contributed by atoms with Crippen molar-refractivity contribution in [2.75, 3.05) is 38.0 Å². The lowest BCUT2D eigenvalue weighted by Gasteiger charge is -2.33. The molecule has 1 aliphatic heterocycles. The van der Waals surface area contributed by atoms with Crippen LogP contribution < -0.4 is 5.32 Å². The van der Waals surface area contributed by atoms with Crippen molar-refractivity contribution in [3.8, 4) is 0 Å². The number of rotatable bonds is 5. The van der Waals surface area contributed by atoms with Gasteiger partial charge in [-0.2, -0.15) is 4.31 Å². The van der Waals surface area contributed by atoms with Gasteiger partial charge in [-0.25, -0.2) is 8.42 Å². The number of hydrogen-bond acceptors (Lipinski definition) is 4. The Hall–Kier alpha value is -2.22. The smallest absolute Gasteiger partial charge is 0.243 e. The normalized spacial score (nSPS) is 17.7. The van der Waals surface area contributed by atoms with Crippen LogP contribution in [0, 0.1) is 13.8 Å². The molecule has 1 fully saturated rings. The van der Waals surface area contributed by atoms with Crippen molar-refractivity contribution in [2.45, 2.75) is 38.0 Å². The molecular formula is C23H29N3O3S. The van der Waals surface area contributed by atoms with E-state index in [-0.39, 0.29) is 12.5 Å². The fourth-order valence-electron chi connectivity index (χ4n) is 4.20. The number of sulfonamides is 1. The Kier molecular flexibility index (Phi) is 5.95. The standard InChI is InChI=1S/C23H29N3O3S/c1-17-6-9-22(14-18(17)2)30(28,29)26-12-10-25(11-13-26)16-23(27)24-21-8-7-19-4-3-5-20(19)15-21/h6-9,14-15H,3-5,10-13,16H2,1-2H3,(H,24,27). The molecule has 2 aromatic carbocycles. The Balaban J connectivity index is 1.32. The highest BCUT2D eigenvalue weighted by Gasteiger charge is 2.29. The Morgan fingerprint density at radius 2 is 1.67 bits per heavy atom. The molecule has 1 amide bonds. The fourth-order valence-corrected chi connectivity index (χ4v) is 5.71. The van der Waals surface area contributed by atoms with Gasteiger partial charge < -0.3 is 5.32 Å². The first-order valence-electron chi connectivity index (χ1n) is 10.5. The third-order valence-corrected chi connectivity index (χ3v) is 8.09. The Morgan fingerprint density at radius 3 is 2.40 bits per heavy atom. The van der Waals surface area contributed by atoms with Crippen molar-refractivity contribution in [1.29, 1.82) is 0 Å². The minimum absolute atomic E-state index is 0.0570. The summed E-state index contributed by atoms with van der Waals surface area (Å²) in [6.07, 6.45) is 3.39. The molecule has 0 atom stereocenters. The molecule has 1 saturated heterocycles. The maximum Gasteiger partial charge on any atom is 0.243 e. The number of carbonyl (C=O) groups is 1. The number of fused-ring (bicyclic) bond motifs is 1. The Bertz CT molecular complexity index is 1060. The van der Waals surface area contributed by atoms with Gasteiger partial charge in [0.15, 0.2) is 0 Å². The van der Waals surface area contributed by atoms with Crippen LogP contribution in [0.1, 0.15) is 28.7 Å². The predicted molar refractivity (Wildman–Crippen MR) is 118 cm³/mol. The zero-order chi connectivity index (χ0) is 21.3. The third-order valence-electron chi connectivity index (χ3n) is 6.20. The molecule has 7 heteroatoms. The van der Waals surface area contributed by atoms with Crippen molar-refractivity contribution in [2.24, 2.45) is 0 Å². The summed E-state index contributed by atoms with van der Waals surface area (Å²) in [4.78, 5) is 14.8. The quantitative estimate of drug-likeness (QED) is 0.797. The van der Waals surface area contributed by atoms with Gasteiger partial charge in [-0.1, -0.05) is 12.1 Å². The highest BCUT2D eigenvalue weighted by Crippen LogP contribution is 2.25. The molecule has 0 radical (unpaired) electrons. The second-order valence-corrected chi connectivity index (χ2v) is 10.2. The summed E-state index contributed by atoms with van der Waals surface area (Å²) in [6.45, 7) is 6.03. The van der Waals surface area contributed by atoms with Crippen LogP contribution in [0.25, 0.3) is 0 Å². The second-order valence-electron chi connectivity index (χ2n) is 8.31. The molecule has 0 unspecified atom stereocenters. The molecule has 0 saturated carbocycles. The molecule has 0 bridgehead atoms. The zero-order valence-electron chi connectivity index (χ0n) is 17.6. The van der Waals surface area contributed by atoms with Crippen LogP contribution in [0.15, 0.2) is 41.3 Å². The molecule has 0 spiro atoms. The number of piperazine rings is 1. The highest BCUT2D eigenvalue weighted by molar-refractivity contribution is 7.89. The van der Waals surface area contributed by atoms with Crippen LogP contribution in [-0.2, 0) is 27.7 Å². The van der Waals surface area contributed by atoms with Crippen molar-refractivity contribution < 1.29 is 13.2 Å². The average molecular weight is 428 g/mol. The number of benzene rings is 2. The van der Waals surface area contributed by atoms with Crippen molar-refractivity contribution >= 4 is 21.6 Å². The highest BCUT2D eigenvalue weighted by atomic mass is 32.2. The van der Waals surface area contributed by atoms with E-state index in [0.29, 0.717) is 31.1 Å². The van der Waals surface area contributed by atoms with Crippen LogP contribution in [-0.4, -0.2) is 56.3 Å². The first-order valence-corrected chi connectivity index (χ1v) is 12.0. The van der Waals surface area contributed by atoms with Crippen molar-refractivity contribution in [3.63, 3.8) is 0 Å². The number of carbonyl (C=O) groups excluding carboxylic acids is 1. The van der Waals surface area contributed by atoms with Crippen molar-refractivity contribution in [3.05, 3.63) is 58.7 Å². The van der Waals surface area contributed by atoms with Crippen molar-refractivity contribution in [1.82, 2.24) is 9.21 Å². The van der Waals surface area contributed by atoms with E-state index in [0.717, 1.165) is 29.7 Å². The molecule has 1 N–H and O–H groups in total. The summed E-state index contributed by atoms with van der Waals surface area (Å²) >= 11 is 0. The summed E-state index contributed by atoms with van der Waals surface area (Å²) in [7, 11) is -3.50. The van der Waals surface area contributed by atoms with Gasteiger partial charge >= 0.3 is 0 Å². The van der Waals surface area contributed by atoms with Gasteiger partial charge in [0.05, 0.1) is 11.4 Å². The topological polar surface area (TPSA) is 69.7 Å². The number of nitrogens with one attached hydrogen (secondary N) is 1. The van der Waals surface area contributed by atoms with Gasteiger partial charge in [0.1, 0.15) is 0 Å². The number of aryl methyl sites for hydroxylation is 4. The molecule has 0 aromatic heterocycles. The average Bonchev–Trinajstić information content (AvgIpc) is 3.18. The van der Waals surface area contributed by atoms with Crippen LogP contribution in [0.4, 0.5) is 5.69 Å². The third kappa shape index (κ3) is 4.43. The second kappa shape index (κ2) is 8.49. The van der Waals surface area contributed by atoms with E-state index in [1.807, 2.05) is 30.9 Å². The monoisotopic (exact) mass is 427 g/mol. The largest absolute Gasteiger partial charge is 0.325 e.